The van der Waals surface area contributed by atoms with Gasteiger partial charge >= 0.3 is 0 Å². The summed E-state index contributed by atoms with van der Waals surface area (Å²) in [4.78, 5) is 2.48. The molecule has 1 aromatic rings. The van der Waals surface area contributed by atoms with Crippen molar-refractivity contribution in [2.75, 3.05) is 11.4 Å². The van der Waals surface area contributed by atoms with E-state index in [2.05, 4.69) is 30.9 Å². The fraction of sp³-hybridized carbons (Fsp3) is 0.571. The van der Waals surface area contributed by atoms with Gasteiger partial charge in [0.1, 0.15) is 0 Å². The Labute approximate surface area is 109 Å². The molecular weight excluding hydrogens is 232 g/mol. The molecule has 0 amide bonds. The molecule has 94 valence electrons. The van der Waals surface area contributed by atoms with Crippen LogP contribution in [-0.4, -0.2) is 12.6 Å². The van der Waals surface area contributed by atoms with Crippen LogP contribution in [0, 0.1) is 5.92 Å². The number of halogens is 1. The standard InChI is InChI=1S/C14H21ClN2/c1-10(2)9-17(12-5-6-12)13-4-3-11(8-16)14(15)7-13/h3-4,7,10,12H,5-6,8-9,16H2,1-2H3. The molecule has 0 unspecified atom stereocenters. The van der Waals surface area contributed by atoms with E-state index in [0.717, 1.165) is 23.2 Å². The maximum Gasteiger partial charge on any atom is 0.0471 e. The van der Waals surface area contributed by atoms with Crippen LogP contribution >= 0.6 is 11.6 Å². The molecule has 1 aliphatic carbocycles. The highest BCUT2D eigenvalue weighted by Crippen LogP contribution is 2.34. The Morgan fingerprint density at radius 1 is 1.41 bits per heavy atom. The van der Waals surface area contributed by atoms with Crippen molar-refractivity contribution < 1.29 is 0 Å². The minimum absolute atomic E-state index is 0.507. The molecule has 1 aromatic carbocycles. The van der Waals surface area contributed by atoms with E-state index in [0.29, 0.717) is 12.5 Å². The smallest absolute Gasteiger partial charge is 0.0471 e. The lowest BCUT2D eigenvalue weighted by Crippen LogP contribution is -2.29. The zero-order valence-electron chi connectivity index (χ0n) is 10.6. The topological polar surface area (TPSA) is 29.3 Å². The largest absolute Gasteiger partial charge is 0.368 e. The Hall–Kier alpha value is -0.730. The Morgan fingerprint density at radius 3 is 2.59 bits per heavy atom. The summed E-state index contributed by atoms with van der Waals surface area (Å²) >= 11 is 6.23. The van der Waals surface area contributed by atoms with Crippen molar-refractivity contribution in [2.45, 2.75) is 39.3 Å². The first-order valence-corrected chi connectivity index (χ1v) is 6.74. The van der Waals surface area contributed by atoms with Crippen LogP contribution in [0.15, 0.2) is 18.2 Å². The Bertz CT molecular complexity index is 386. The summed E-state index contributed by atoms with van der Waals surface area (Å²) in [6.07, 6.45) is 2.62. The van der Waals surface area contributed by atoms with Crippen molar-refractivity contribution in [1.82, 2.24) is 0 Å². The summed E-state index contributed by atoms with van der Waals surface area (Å²) < 4.78 is 0. The maximum absolute atomic E-state index is 6.23. The van der Waals surface area contributed by atoms with Crippen LogP contribution in [0.2, 0.25) is 5.02 Å². The Balaban J connectivity index is 2.20. The molecule has 2 N–H and O–H groups in total. The molecule has 1 saturated carbocycles. The van der Waals surface area contributed by atoms with Gasteiger partial charge in [-0.2, -0.15) is 0 Å². The summed E-state index contributed by atoms with van der Waals surface area (Å²) in [5, 5.41) is 0.791. The highest BCUT2D eigenvalue weighted by Gasteiger charge is 2.29. The Kier molecular flexibility index (Phi) is 3.95. The average Bonchev–Trinajstić information content (AvgIpc) is 3.09. The van der Waals surface area contributed by atoms with Crippen LogP contribution in [0.4, 0.5) is 5.69 Å². The van der Waals surface area contributed by atoms with Gasteiger partial charge in [-0.15, -0.1) is 0 Å². The summed E-state index contributed by atoms with van der Waals surface area (Å²) in [5.74, 6) is 0.670. The number of nitrogens with zero attached hydrogens (tertiary/aromatic N) is 1. The summed E-state index contributed by atoms with van der Waals surface area (Å²) in [6.45, 7) is 6.12. The summed E-state index contributed by atoms with van der Waals surface area (Å²) in [7, 11) is 0. The lowest BCUT2D eigenvalue weighted by molar-refractivity contribution is 0.607. The van der Waals surface area contributed by atoms with Crippen molar-refractivity contribution in [1.29, 1.82) is 0 Å². The van der Waals surface area contributed by atoms with Gasteiger partial charge in [0.05, 0.1) is 0 Å². The quantitative estimate of drug-likeness (QED) is 0.870. The van der Waals surface area contributed by atoms with Crippen molar-refractivity contribution in [3.05, 3.63) is 28.8 Å². The average molecular weight is 253 g/mol. The van der Waals surface area contributed by atoms with E-state index >= 15 is 0 Å². The molecular formula is C14H21ClN2. The minimum Gasteiger partial charge on any atom is -0.368 e. The molecule has 2 rings (SSSR count). The van der Waals surface area contributed by atoms with E-state index in [4.69, 9.17) is 17.3 Å². The van der Waals surface area contributed by atoms with Crippen molar-refractivity contribution in [3.63, 3.8) is 0 Å². The highest BCUT2D eigenvalue weighted by molar-refractivity contribution is 6.31. The molecule has 0 aliphatic heterocycles. The van der Waals surface area contributed by atoms with E-state index in [1.807, 2.05) is 6.07 Å². The number of benzene rings is 1. The minimum atomic E-state index is 0.507. The number of hydrogen-bond donors (Lipinski definition) is 1. The lowest BCUT2D eigenvalue weighted by Gasteiger charge is -2.27. The van der Waals surface area contributed by atoms with Gasteiger partial charge in [0.2, 0.25) is 0 Å². The summed E-state index contributed by atoms with van der Waals surface area (Å²) in [6, 6.07) is 6.98. The van der Waals surface area contributed by atoms with Gasteiger partial charge in [0.15, 0.2) is 0 Å². The first-order valence-electron chi connectivity index (χ1n) is 6.37. The molecule has 0 saturated heterocycles. The molecule has 3 heteroatoms. The van der Waals surface area contributed by atoms with Gasteiger partial charge in [0, 0.05) is 29.8 Å². The van der Waals surface area contributed by atoms with Gasteiger partial charge in [-0.05, 0) is 36.5 Å². The highest BCUT2D eigenvalue weighted by atomic mass is 35.5. The molecule has 1 aliphatic rings. The molecule has 0 heterocycles. The third-order valence-electron chi connectivity index (χ3n) is 3.14. The van der Waals surface area contributed by atoms with Crippen LogP contribution in [0.5, 0.6) is 0 Å². The first-order chi connectivity index (χ1) is 8.11. The van der Waals surface area contributed by atoms with Crippen molar-refractivity contribution in [2.24, 2.45) is 11.7 Å². The molecule has 0 radical (unpaired) electrons. The second-order valence-corrected chi connectivity index (χ2v) is 5.66. The predicted molar refractivity (Wildman–Crippen MR) is 74.5 cm³/mol. The third kappa shape index (κ3) is 3.14. The van der Waals surface area contributed by atoms with E-state index < -0.39 is 0 Å². The number of anilines is 1. The van der Waals surface area contributed by atoms with E-state index in [9.17, 15) is 0 Å². The van der Waals surface area contributed by atoms with Crippen LogP contribution in [0.25, 0.3) is 0 Å². The number of hydrogen-bond acceptors (Lipinski definition) is 2. The van der Waals surface area contributed by atoms with Crippen LogP contribution in [-0.2, 0) is 6.54 Å². The zero-order valence-corrected chi connectivity index (χ0v) is 11.4. The SMILES string of the molecule is CC(C)CN(c1ccc(CN)c(Cl)c1)C1CC1. The predicted octanol–water partition coefficient (Wildman–Crippen LogP) is 3.42. The normalized spacial score (nSPS) is 15.4. The molecule has 2 nitrogen and oxygen atoms in total. The molecule has 17 heavy (non-hydrogen) atoms. The van der Waals surface area contributed by atoms with E-state index in [-0.39, 0.29) is 0 Å². The van der Waals surface area contributed by atoms with Crippen molar-refractivity contribution in [3.8, 4) is 0 Å². The van der Waals surface area contributed by atoms with E-state index in [1.165, 1.54) is 18.5 Å². The fourth-order valence-corrected chi connectivity index (χ4v) is 2.38. The summed E-state index contributed by atoms with van der Waals surface area (Å²) in [5.41, 5.74) is 7.89. The first kappa shape index (κ1) is 12.7. The zero-order chi connectivity index (χ0) is 12.4. The van der Waals surface area contributed by atoms with Gasteiger partial charge in [-0.3, -0.25) is 0 Å². The van der Waals surface area contributed by atoms with E-state index in [1.54, 1.807) is 0 Å². The molecule has 0 spiro atoms. The van der Waals surface area contributed by atoms with Gasteiger partial charge < -0.3 is 10.6 Å². The van der Waals surface area contributed by atoms with Crippen LogP contribution in [0.3, 0.4) is 0 Å². The van der Waals surface area contributed by atoms with Gasteiger partial charge in [0.25, 0.3) is 0 Å². The van der Waals surface area contributed by atoms with Gasteiger partial charge in [-0.1, -0.05) is 31.5 Å². The van der Waals surface area contributed by atoms with Gasteiger partial charge in [-0.25, -0.2) is 0 Å². The molecule has 0 aromatic heterocycles. The number of nitrogens with two attached hydrogens (primary N) is 1. The molecule has 0 bridgehead atoms. The molecule has 1 fully saturated rings. The third-order valence-corrected chi connectivity index (χ3v) is 3.49. The Morgan fingerprint density at radius 2 is 2.12 bits per heavy atom. The van der Waals surface area contributed by atoms with Crippen molar-refractivity contribution >= 4 is 17.3 Å². The van der Waals surface area contributed by atoms with Crippen LogP contribution in [0.1, 0.15) is 32.3 Å². The lowest BCUT2D eigenvalue weighted by atomic mass is 10.1. The van der Waals surface area contributed by atoms with Crippen LogP contribution < -0.4 is 10.6 Å². The maximum atomic E-state index is 6.23. The monoisotopic (exact) mass is 252 g/mol. The number of rotatable bonds is 5. The fourth-order valence-electron chi connectivity index (χ4n) is 2.13. The second-order valence-electron chi connectivity index (χ2n) is 5.26. The second kappa shape index (κ2) is 5.28. The molecule has 0 atom stereocenters.